The highest BCUT2D eigenvalue weighted by atomic mass is 32.2. The third-order valence-corrected chi connectivity index (χ3v) is 5.09. The highest BCUT2D eigenvalue weighted by molar-refractivity contribution is 7.86. The normalized spacial score (nSPS) is 11.2. The predicted octanol–water partition coefficient (Wildman–Crippen LogP) is 3.65. The number of carbonyl (C=O) groups excluding carboxylic acids is 2. The molecule has 0 unspecified atom stereocenters. The Morgan fingerprint density at radius 2 is 0.889 bits per heavy atom. The summed E-state index contributed by atoms with van der Waals surface area (Å²) in [5, 5.41) is 10.4. The zero-order valence-corrected chi connectivity index (χ0v) is 20.6. The highest BCUT2D eigenvalue weighted by Crippen LogP contribution is 2.20. The quantitative estimate of drug-likeness (QED) is 0.317. The molecule has 4 amide bonds. The lowest BCUT2D eigenvalue weighted by atomic mass is 10.2. The lowest BCUT2D eigenvalue weighted by molar-refractivity contribution is 0.261. The summed E-state index contributed by atoms with van der Waals surface area (Å²) in [7, 11) is -7.30. The third-order valence-electron chi connectivity index (χ3n) is 4.10. The molecule has 12 nitrogen and oxygen atoms in total. The van der Waals surface area contributed by atoms with E-state index in [9.17, 15) is 26.4 Å². The molecule has 0 saturated carbocycles. The van der Waals surface area contributed by atoms with Crippen LogP contribution in [0, 0.1) is 0 Å². The van der Waals surface area contributed by atoms with Crippen molar-refractivity contribution >= 4 is 55.0 Å². The molecule has 190 valence electrons. The SMILES string of the molecule is CS(=O)(=O)Oc1ccc(NC(=O)Nc2cccc(NC(=O)Nc3ccc(OS(C)(=O)=O)cc3)c2)cc1. The second-order valence-electron chi connectivity index (χ2n) is 7.36. The van der Waals surface area contributed by atoms with Crippen molar-refractivity contribution in [1.29, 1.82) is 0 Å². The molecule has 0 atom stereocenters. The molecular formula is C22H22N4O8S2. The van der Waals surface area contributed by atoms with Crippen molar-refractivity contribution in [2.24, 2.45) is 0 Å². The van der Waals surface area contributed by atoms with Crippen LogP contribution in [-0.4, -0.2) is 41.4 Å². The van der Waals surface area contributed by atoms with Gasteiger partial charge in [-0.15, -0.1) is 0 Å². The first-order valence-corrected chi connectivity index (χ1v) is 13.7. The van der Waals surface area contributed by atoms with Gasteiger partial charge in [-0.3, -0.25) is 0 Å². The number of carbonyl (C=O) groups is 2. The fourth-order valence-electron chi connectivity index (χ4n) is 2.80. The molecule has 0 aromatic heterocycles. The first-order chi connectivity index (χ1) is 16.8. The molecule has 0 aliphatic heterocycles. The number of anilines is 4. The minimum absolute atomic E-state index is 0.110. The van der Waals surface area contributed by atoms with Gasteiger partial charge in [-0.05, 0) is 66.7 Å². The number of benzene rings is 3. The van der Waals surface area contributed by atoms with Crippen LogP contribution in [0.2, 0.25) is 0 Å². The molecule has 3 rings (SSSR count). The van der Waals surface area contributed by atoms with Crippen LogP contribution in [0.4, 0.5) is 32.3 Å². The van der Waals surface area contributed by atoms with E-state index in [4.69, 9.17) is 8.37 Å². The van der Waals surface area contributed by atoms with E-state index in [1.807, 2.05) is 0 Å². The molecule has 0 fully saturated rings. The molecule has 3 aromatic carbocycles. The molecule has 36 heavy (non-hydrogen) atoms. The van der Waals surface area contributed by atoms with E-state index < -0.39 is 32.3 Å². The Balaban J connectivity index is 1.53. The summed E-state index contributed by atoms with van der Waals surface area (Å²) in [5.41, 5.74) is 1.58. The Kier molecular flexibility index (Phi) is 8.01. The van der Waals surface area contributed by atoms with Crippen LogP contribution < -0.4 is 29.6 Å². The van der Waals surface area contributed by atoms with E-state index in [0.29, 0.717) is 22.7 Å². The smallest absolute Gasteiger partial charge is 0.323 e. The van der Waals surface area contributed by atoms with Gasteiger partial charge in [0.1, 0.15) is 11.5 Å². The standard InChI is InChI=1S/C22H22N4O8S2/c1-35(29,30)33-19-10-6-15(7-11-19)23-21(27)25-17-4-3-5-18(14-17)26-22(28)24-16-8-12-20(13-9-16)34-36(2,31)32/h3-14H,1-2H3,(H2,23,25,27)(H2,24,26,28). The summed E-state index contributed by atoms with van der Waals surface area (Å²) in [6.07, 6.45) is 1.85. The summed E-state index contributed by atoms with van der Waals surface area (Å²) in [6, 6.07) is 16.7. The minimum Gasteiger partial charge on any atom is -0.383 e. The molecule has 0 radical (unpaired) electrons. The lowest BCUT2D eigenvalue weighted by Crippen LogP contribution is -2.21. The fourth-order valence-corrected chi connectivity index (χ4v) is 3.72. The van der Waals surface area contributed by atoms with Crippen molar-refractivity contribution in [2.45, 2.75) is 0 Å². The second kappa shape index (κ2) is 11.0. The molecule has 3 aromatic rings. The van der Waals surface area contributed by atoms with Gasteiger partial charge in [0.15, 0.2) is 0 Å². The van der Waals surface area contributed by atoms with Gasteiger partial charge in [-0.25, -0.2) is 9.59 Å². The maximum absolute atomic E-state index is 12.3. The van der Waals surface area contributed by atoms with Crippen molar-refractivity contribution in [3.63, 3.8) is 0 Å². The average Bonchev–Trinajstić information content (AvgIpc) is 2.74. The van der Waals surface area contributed by atoms with Gasteiger partial charge in [0.25, 0.3) is 0 Å². The summed E-state index contributed by atoms with van der Waals surface area (Å²) >= 11 is 0. The molecule has 0 aliphatic rings. The van der Waals surface area contributed by atoms with Crippen molar-refractivity contribution in [3.05, 3.63) is 72.8 Å². The zero-order chi connectivity index (χ0) is 26.3. The fraction of sp³-hybridized carbons (Fsp3) is 0.0909. The molecule has 0 bridgehead atoms. The van der Waals surface area contributed by atoms with E-state index in [1.54, 1.807) is 18.2 Å². The van der Waals surface area contributed by atoms with Gasteiger partial charge in [-0.2, -0.15) is 16.8 Å². The number of rotatable bonds is 8. The number of hydrogen-bond acceptors (Lipinski definition) is 8. The van der Waals surface area contributed by atoms with E-state index >= 15 is 0 Å². The number of hydrogen-bond donors (Lipinski definition) is 4. The molecule has 0 saturated heterocycles. The first kappa shape index (κ1) is 26.3. The number of nitrogens with one attached hydrogen (secondary N) is 4. The monoisotopic (exact) mass is 534 g/mol. The molecule has 0 heterocycles. The maximum atomic E-state index is 12.3. The minimum atomic E-state index is -3.65. The van der Waals surface area contributed by atoms with Crippen molar-refractivity contribution < 1.29 is 34.8 Å². The third kappa shape index (κ3) is 9.15. The molecule has 4 N–H and O–H groups in total. The van der Waals surface area contributed by atoms with Crippen LogP contribution in [0.1, 0.15) is 0 Å². The van der Waals surface area contributed by atoms with E-state index in [-0.39, 0.29) is 11.5 Å². The van der Waals surface area contributed by atoms with Gasteiger partial charge in [0.05, 0.1) is 12.5 Å². The van der Waals surface area contributed by atoms with Gasteiger partial charge >= 0.3 is 32.3 Å². The second-order valence-corrected chi connectivity index (χ2v) is 10.5. The Hall–Kier alpha value is -4.30. The van der Waals surface area contributed by atoms with Crippen LogP contribution in [0.15, 0.2) is 72.8 Å². The van der Waals surface area contributed by atoms with Crippen LogP contribution >= 0.6 is 0 Å². The van der Waals surface area contributed by atoms with Crippen LogP contribution in [0.3, 0.4) is 0 Å². The van der Waals surface area contributed by atoms with E-state index in [2.05, 4.69) is 21.3 Å². The summed E-state index contributed by atoms with van der Waals surface area (Å²) in [5.74, 6) is 0.220. The lowest BCUT2D eigenvalue weighted by Gasteiger charge is -2.11. The van der Waals surface area contributed by atoms with Gasteiger partial charge in [-0.1, -0.05) is 6.07 Å². The van der Waals surface area contributed by atoms with Gasteiger partial charge < -0.3 is 29.6 Å². The Morgan fingerprint density at radius 1 is 0.556 bits per heavy atom. The largest absolute Gasteiger partial charge is 0.383 e. The van der Waals surface area contributed by atoms with Crippen LogP contribution in [0.5, 0.6) is 11.5 Å². The number of amides is 4. The molecule has 0 spiro atoms. The van der Waals surface area contributed by atoms with Gasteiger partial charge in [0.2, 0.25) is 0 Å². The van der Waals surface area contributed by atoms with Gasteiger partial charge in [0, 0.05) is 22.7 Å². The highest BCUT2D eigenvalue weighted by Gasteiger charge is 2.09. The van der Waals surface area contributed by atoms with Crippen molar-refractivity contribution in [1.82, 2.24) is 0 Å². The van der Waals surface area contributed by atoms with E-state index in [0.717, 1.165) is 12.5 Å². The molecule has 14 heteroatoms. The molecule has 0 aliphatic carbocycles. The average molecular weight is 535 g/mol. The number of urea groups is 2. The zero-order valence-electron chi connectivity index (χ0n) is 19.0. The van der Waals surface area contributed by atoms with Crippen LogP contribution in [-0.2, 0) is 20.2 Å². The maximum Gasteiger partial charge on any atom is 0.323 e. The Labute approximate surface area is 207 Å². The first-order valence-electron chi connectivity index (χ1n) is 10.1. The van der Waals surface area contributed by atoms with Crippen molar-refractivity contribution in [2.75, 3.05) is 33.8 Å². The van der Waals surface area contributed by atoms with Crippen LogP contribution in [0.25, 0.3) is 0 Å². The van der Waals surface area contributed by atoms with E-state index in [1.165, 1.54) is 54.6 Å². The predicted molar refractivity (Wildman–Crippen MR) is 136 cm³/mol. The Bertz CT molecular complexity index is 1350. The summed E-state index contributed by atoms with van der Waals surface area (Å²) in [6.45, 7) is 0. The summed E-state index contributed by atoms with van der Waals surface area (Å²) < 4.78 is 54.1. The van der Waals surface area contributed by atoms with Crippen molar-refractivity contribution in [3.8, 4) is 11.5 Å². The Morgan fingerprint density at radius 3 is 1.22 bits per heavy atom. The topological polar surface area (TPSA) is 169 Å². The molecular weight excluding hydrogens is 512 g/mol. The summed E-state index contributed by atoms with van der Waals surface area (Å²) in [4.78, 5) is 24.6.